The van der Waals surface area contributed by atoms with Gasteiger partial charge in [0.25, 0.3) is 0 Å². The number of amides is 1. The molecular weight excluding hydrogens is 152 g/mol. The standard InChI is InChI=1S/C9H16N2O/c1-11-8(12)7-10-9(11)5-3-2-4-6-9/h10H,2-7H2,1H3. The summed E-state index contributed by atoms with van der Waals surface area (Å²) in [5.74, 6) is 0.247. The zero-order chi connectivity index (χ0) is 8.60. The van der Waals surface area contributed by atoms with Crippen molar-refractivity contribution in [2.45, 2.75) is 37.8 Å². The molecule has 1 saturated carbocycles. The summed E-state index contributed by atoms with van der Waals surface area (Å²) in [7, 11) is 1.92. The minimum Gasteiger partial charge on any atom is -0.326 e. The van der Waals surface area contributed by atoms with Crippen LogP contribution in [0.2, 0.25) is 0 Å². The molecule has 1 aliphatic carbocycles. The topological polar surface area (TPSA) is 32.3 Å². The molecule has 0 bridgehead atoms. The summed E-state index contributed by atoms with van der Waals surface area (Å²) < 4.78 is 0. The normalized spacial score (nSPS) is 28.4. The molecule has 2 rings (SSSR count). The van der Waals surface area contributed by atoms with Crippen LogP contribution in [-0.4, -0.2) is 30.1 Å². The van der Waals surface area contributed by atoms with Crippen LogP contribution >= 0.6 is 0 Å². The van der Waals surface area contributed by atoms with E-state index in [1.165, 1.54) is 19.3 Å². The number of hydrogen-bond acceptors (Lipinski definition) is 2. The molecule has 1 aliphatic heterocycles. The first kappa shape index (κ1) is 8.05. The number of nitrogens with zero attached hydrogens (tertiary/aromatic N) is 1. The molecule has 0 radical (unpaired) electrons. The Bertz CT molecular complexity index is 197. The predicted octanol–water partition coefficient (Wildman–Crippen LogP) is 0.708. The van der Waals surface area contributed by atoms with Gasteiger partial charge < -0.3 is 4.90 Å². The van der Waals surface area contributed by atoms with Gasteiger partial charge in [0.05, 0.1) is 12.2 Å². The third-order valence-electron chi connectivity index (χ3n) is 3.27. The summed E-state index contributed by atoms with van der Waals surface area (Å²) in [4.78, 5) is 13.2. The summed E-state index contributed by atoms with van der Waals surface area (Å²) >= 11 is 0. The van der Waals surface area contributed by atoms with Crippen LogP contribution in [0.4, 0.5) is 0 Å². The number of nitrogens with one attached hydrogen (secondary N) is 1. The van der Waals surface area contributed by atoms with Gasteiger partial charge in [0.1, 0.15) is 0 Å². The van der Waals surface area contributed by atoms with Crippen LogP contribution in [0, 0.1) is 0 Å². The van der Waals surface area contributed by atoms with Crippen molar-refractivity contribution < 1.29 is 4.79 Å². The average molecular weight is 168 g/mol. The molecule has 2 fully saturated rings. The highest BCUT2D eigenvalue weighted by molar-refractivity contribution is 5.81. The lowest BCUT2D eigenvalue weighted by Crippen LogP contribution is -2.51. The van der Waals surface area contributed by atoms with E-state index in [9.17, 15) is 4.79 Å². The molecule has 1 spiro atoms. The first-order chi connectivity index (χ1) is 5.75. The van der Waals surface area contributed by atoms with Crippen molar-refractivity contribution >= 4 is 5.91 Å². The Morgan fingerprint density at radius 2 is 2.00 bits per heavy atom. The van der Waals surface area contributed by atoms with Crippen LogP contribution in [0.1, 0.15) is 32.1 Å². The van der Waals surface area contributed by atoms with Crippen molar-refractivity contribution in [1.29, 1.82) is 0 Å². The van der Waals surface area contributed by atoms with Crippen molar-refractivity contribution in [2.24, 2.45) is 0 Å². The second-order valence-electron chi connectivity index (χ2n) is 3.90. The van der Waals surface area contributed by atoms with Gasteiger partial charge >= 0.3 is 0 Å². The fraction of sp³-hybridized carbons (Fsp3) is 0.889. The SMILES string of the molecule is CN1C(=O)CNC12CCCCC2. The van der Waals surface area contributed by atoms with Gasteiger partial charge in [0.2, 0.25) is 5.91 Å². The highest BCUT2D eigenvalue weighted by Crippen LogP contribution is 2.32. The fourth-order valence-corrected chi connectivity index (χ4v) is 2.36. The van der Waals surface area contributed by atoms with Crippen molar-refractivity contribution in [3.63, 3.8) is 0 Å². The molecule has 12 heavy (non-hydrogen) atoms. The van der Waals surface area contributed by atoms with Crippen LogP contribution in [0.3, 0.4) is 0 Å². The number of carbonyl (C=O) groups excluding carboxylic acids is 1. The van der Waals surface area contributed by atoms with Gasteiger partial charge in [0, 0.05) is 7.05 Å². The second kappa shape index (κ2) is 2.73. The Kier molecular flexibility index (Phi) is 1.83. The zero-order valence-corrected chi connectivity index (χ0v) is 7.60. The van der Waals surface area contributed by atoms with Crippen LogP contribution < -0.4 is 5.32 Å². The molecule has 2 aliphatic rings. The van der Waals surface area contributed by atoms with Gasteiger partial charge in [-0.05, 0) is 25.7 Å². The first-order valence-electron chi connectivity index (χ1n) is 4.76. The lowest BCUT2D eigenvalue weighted by molar-refractivity contribution is -0.129. The maximum atomic E-state index is 11.3. The number of rotatable bonds is 0. The van der Waals surface area contributed by atoms with E-state index in [0.29, 0.717) is 6.54 Å². The molecule has 1 saturated heterocycles. The predicted molar refractivity (Wildman–Crippen MR) is 46.6 cm³/mol. The fourth-order valence-electron chi connectivity index (χ4n) is 2.36. The van der Waals surface area contributed by atoms with Gasteiger partial charge in [0.15, 0.2) is 0 Å². The van der Waals surface area contributed by atoms with Crippen LogP contribution in [0.15, 0.2) is 0 Å². The molecule has 1 amide bonds. The Morgan fingerprint density at radius 3 is 2.50 bits per heavy atom. The summed E-state index contributed by atoms with van der Waals surface area (Å²) in [5.41, 5.74) is 0.0370. The highest BCUT2D eigenvalue weighted by Gasteiger charge is 2.42. The maximum absolute atomic E-state index is 11.3. The Balaban J connectivity index is 2.14. The van der Waals surface area contributed by atoms with Crippen LogP contribution in [0.5, 0.6) is 0 Å². The third-order valence-corrected chi connectivity index (χ3v) is 3.27. The molecule has 0 aromatic heterocycles. The Hall–Kier alpha value is -0.570. The molecule has 3 nitrogen and oxygen atoms in total. The van der Waals surface area contributed by atoms with E-state index in [0.717, 1.165) is 12.8 Å². The van der Waals surface area contributed by atoms with Crippen molar-refractivity contribution in [1.82, 2.24) is 10.2 Å². The van der Waals surface area contributed by atoms with E-state index in [-0.39, 0.29) is 11.6 Å². The van der Waals surface area contributed by atoms with Crippen LogP contribution in [0.25, 0.3) is 0 Å². The molecule has 0 atom stereocenters. The minimum absolute atomic E-state index is 0.0370. The average Bonchev–Trinajstić information content (AvgIpc) is 2.37. The summed E-state index contributed by atoms with van der Waals surface area (Å²) in [6.45, 7) is 0.538. The van der Waals surface area contributed by atoms with Gasteiger partial charge in [-0.3, -0.25) is 10.1 Å². The lowest BCUT2D eigenvalue weighted by atomic mass is 9.89. The van der Waals surface area contributed by atoms with Gasteiger partial charge in [-0.2, -0.15) is 0 Å². The molecule has 3 heteroatoms. The van der Waals surface area contributed by atoms with E-state index in [2.05, 4.69) is 5.32 Å². The zero-order valence-electron chi connectivity index (χ0n) is 7.60. The Labute approximate surface area is 73.1 Å². The monoisotopic (exact) mass is 168 g/mol. The largest absolute Gasteiger partial charge is 0.326 e. The van der Waals surface area contributed by atoms with E-state index in [1.54, 1.807) is 0 Å². The minimum atomic E-state index is 0.0370. The van der Waals surface area contributed by atoms with Gasteiger partial charge in [-0.25, -0.2) is 0 Å². The van der Waals surface area contributed by atoms with E-state index in [1.807, 2.05) is 11.9 Å². The van der Waals surface area contributed by atoms with Gasteiger partial charge in [-0.1, -0.05) is 6.42 Å². The molecule has 0 aromatic carbocycles. The van der Waals surface area contributed by atoms with E-state index < -0.39 is 0 Å². The molecular formula is C9H16N2O. The van der Waals surface area contributed by atoms with Crippen molar-refractivity contribution in [3.8, 4) is 0 Å². The van der Waals surface area contributed by atoms with E-state index >= 15 is 0 Å². The number of carbonyl (C=O) groups is 1. The summed E-state index contributed by atoms with van der Waals surface area (Å²) in [6, 6.07) is 0. The lowest BCUT2D eigenvalue weighted by Gasteiger charge is -2.39. The number of hydrogen-bond donors (Lipinski definition) is 1. The van der Waals surface area contributed by atoms with Crippen LogP contribution in [-0.2, 0) is 4.79 Å². The quantitative estimate of drug-likeness (QED) is 0.577. The molecule has 1 N–H and O–H groups in total. The molecule has 0 unspecified atom stereocenters. The first-order valence-corrected chi connectivity index (χ1v) is 4.76. The van der Waals surface area contributed by atoms with E-state index in [4.69, 9.17) is 0 Å². The van der Waals surface area contributed by atoms with Crippen molar-refractivity contribution in [2.75, 3.05) is 13.6 Å². The summed E-state index contributed by atoms with van der Waals surface area (Å²) in [5, 5.41) is 3.35. The Morgan fingerprint density at radius 1 is 1.33 bits per heavy atom. The second-order valence-corrected chi connectivity index (χ2v) is 3.90. The number of likely N-dealkylation sites (N-methyl/N-ethyl adjacent to an activating group) is 1. The highest BCUT2D eigenvalue weighted by atomic mass is 16.2. The molecule has 0 aromatic rings. The third kappa shape index (κ3) is 1.04. The summed E-state index contributed by atoms with van der Waals surface area (Å²) in [6.07, 6.45) is 6.10. The molecule has 68 valence electrons. The smallest absolute Gasteiger partial charge is 0.237 e. The molecule has 1 heterocycles. The van der Waals surface area contributed by atoms with Gasteiger partial charge in [-0.15, -0.1) is 0 Å². The van der Waals surface area contributed by atoms with Crippen molar-refractivity contribution in [3.05, 3.63) is 0 Å². The maximum Gasteiger partial charge on any atom is 0.237 e.